The van der Waals surface area contributed by atoms with Crippen LogP contribution in [0.15, 0.2) is 24.5 Å². The lowest BCUT2D eigenvalue weighted by Crippen LogP contribution is -2.37. The molecular formula is C14H23N3. The molecule has 1 aliphatic heterocycles. The maximum absolute atomic E-state index is 4.07. The molecular weight excluding hydrogens is 210 g/mol. The minimum Gasteiger partial charge on any atom is -0.315 e. The molecule has 1 aromatic heterocycles. The Morgan fingerprint density at radius 3 is 3.00 bits per heavy atom. The van der Waals surface area contributed by atoms with E-state index < -0.39 is 0 Å². The fourth-order valence-corrected chi connectivity index (χ4v) is 2.50. The molecule has 3 nitrogen and oxygen atoms in total. The maximum atomic E-state index is 4.07. The fraction of sp³-hybridized carbons (Fsp3) is 0.643. The zero-order chi connectivity index (χ0) is 11.9. The van der Waals surface area contributed by atoms with Crippen LogP contribution in [0.4, 0.5) is 0 Å². The first-order valence-electron chi connectivity index (χ1n) is 6.74. The summed E-state index contributed by atoms with van der Waals surface area (Å²) in [6, 6.07) is 4.96. The van der Waals surface area contributed by atoms with Crippen molar-refractivity contribution in [2.75, 3.05) is 19.6 Å². The third-order valence-corrected chi connectivity index (χ3v) is 3.44. The number of hydrogen-bond donors (Lipinski definition) is 1. The van der Waals surface area contributed by atoms with Crippen LogP contribution in [-0.4, -0.2) is 35.6 Å². The van der Waals surface area contributed by atoms with E-state index >= 15 is 0 Å². The molecule has 17 heavy (non-hydrogen) atoms. The van der Waals surface area contributed by atoms with Crippen LogP contribution in [-0.2, 0) is 6.54 Å². The summed E-state index contributed by atoms with van der Waals surface area (Å²) in [5.41, 5.74) is 1.38. The van der Waals surface area contributed by atoms with Crippen molar-refractivity contribution in [1.82, 2.24) is 15.2 Å². The van der Waals surface area contributed by atoms with Gasteiger partial charge in [0.15, 0.2) is 0 Å². The normalized spacial score (nSPS) is 20.9. The summed E-state index contributed by atoms with van der Waals surface area (Å²) < 4.78 is 0. The van der Waals surface area contributed by atoms with Gasteiger partial charge in [-0.2, -0.15) is 0 Å². The van der Waals surface area contributed by atoms with Gasteiger partial charge in [0.1, 0.15) is 0 Å². The summed E-state index contributed by atoms with van der Waals surface area (Å²) in [7, 11) is 0. The summed E-state index contributed by atoms with van der Waals surface area (Å²) in [6.45, 7) is 6.80. The standard InChI is InChI=1S/C14H23N3/c1-2-7-16-11-14-4-3-10-17(14)12-13-5-8-15-9-6-13/h5-6,8-9,14,16H,2-4,7,10-12H2,1H3. The molecule has 0 aliphatic carbocycles. The molecule has 0 spiro atoms. The zero-order valence-electron chi connectivity index (χ0n) is 10.7. The Kier molecular flexibility index (Phi) is 4.95. The van der Waals surface area contributed by atoms with Crippen molar-refractivity contribution < 1.29 is 0 Å². The van der Waals surface area contributed by atoms with Gasteiger partial charge in [0.25, 0.3) is 0 Å². The second-order valence-corrected chi connectivity index (χ2v) is 4.83. The van der Waals surface area contributed by atoms with E-state index in [9.17, 15) is 0 Å². The van der Waals surface area contributed by atoms with Crippen LogP contribution >= 0.6 is 0 Å². The molecule has 1 aliphatic rings. The molecule has 0 bridgehead atoms. The molecule has 1 N–H and O–H groups in total. The Hall–Kier alpha value is -0.930. The lowest BCUT2D eigenvalue weighted by atomic mass is 10.2. The number of hydrogen-bond acceptors (Lipinski definition) is 3. The molecule has 0 saturated carbocycles. The summed E-state index contributed by atoms with van der Waals surface area (Å²) in [5, 5.41) is 3.54. The number of aromatic nitrogens is 1. The SMILES string of the molecule is CCCNCC1CCCN1Cc1ccncc1. The van der Waals surface area contributed by atoms with Gasteiger partial charge in [0, 0.05) is 31.5 Å². The molecule has 3 heteroatoms. The van der Waals surface area contributed by atoms with Gasteiger partial charge in [-0.15, -0.1) is 0 Å². The van der Waals surface area contributed by atoms with Crippen LogP contribution < -0.4 is 5.32 Å². The van der Waals surface area contributed by atoms with E-state index in [1.165, 1.54) is 31.4 Å². The zero-order valence-corrected chi connectivity index (χ0v) is 10.7. The van der Waals surface area contributed by atoms with E-state index in [1.54, 1.807) is 0 Å². The molecule has 1 saturated heterocycles. The van der Waals surface area contributed by atoms with Crippen LogP contribution in [0.5, 0.6) is 0 Å². The van der Waals surface area contributed by atoms with E-state index in [1.807, 2.05) is 12.4 Å². The molecule has 1 fully saturated rings. The van der Waals surface area contributed by atoms with Gasteiger partial charge in [-0.05, 0) is 50.0 Å². The lowest BCUT2D eigenvalue weighted by Gasteiger charge is -2.24. The van der Waals surface area contributed by atoms with Crippen LogP contribution in [0.25, 0.3) is 0 Å². The second kappa shape index (κ2) is 6.72. The molecule has 1 atom stereocenters. The molecule has 1 unspecified atom stereocenters. The molecule has 0 amide bonds. The Labute approximate surface area is 104 Å². The summed E-state index contributed by atoms with van der Waals surface area (Å²) in [6.07, 6.45) is 7.66. The van der Waals surface area contributed by atoms with Gasteiger partial charge in [-0.1, -0.05) is 6.92 Å². The number of likely N-dealkylation sites (tertiary alicyclic amines) is 1. The van der Waals surface area contributed by atoms with E-state index in [4.69, 9.17) is 0 Å². The smallest absolute Gasteiger partial charge is 0.0271 e. The van der Waals surface area contributed by atoms with Crippen LogP contribution in [0, 0.1) is 0 Å². The van der Waals surface area contributed by atoms with Gasteiger partial charge in [-0.25, -0.2) is 0 Å². The van der Waals surface area contributed by atoms with Gasteiger partial charge >= 0.3 is 0 Å². The van der Waals surface area contributed by atoms with Crippen molar-refractivity contribution in [3.05, 3.63) is 30.1 Å². The second-order valence-electron chi connectivity index (χ2n) is 4.83. The van der Waals surface area contributed by atoms with Crippen molar-refractivity contribution in [3.8, 4) is 0 Å². The van der Waals surface area contributed by atoms with Crippen LogP contribution in [0.1, 0.15) is 31.7 Å². The van der Waals surface area contributed by atoms with E-state index in [2.05, 4.69) is 34.3 Å². The number of nitrogens with one attached hydrogen (secondary N) is 1. The topological polar surface area (TPSA) is 28.2 Å². The molecule has 0 radical (unpaired) electrons. The van der Waals surface area contributed by atoms with Crippen molar-refractivity contribution in [1.29, 1.82) is 0 Å². The van der Waals surface area contributed by atoms with Crippen molar-refractivity contribution in [3.63, 3.8) is 0 Å². The Morgan fingerprint density at radius 1 is 1.41 bits per heavy atom. The van der Waals surface area contributed by atoms with Gasteiger partial charge in [-0.3, -0.25) is 9.88 Å². The van der Waals surface area contributed by atoms with Crippen molar-refractivity contribution >= 4 is 0 Å². The fourth-order valence-electron chi connectivity index (χ4n) is 2.50. The highest BCUT2D eigenvalue weighted by atomic mass is 15.2. The Balaban J connectivity index is 1.82. The highest BCUT2D eigenvalue weighted by molar-refractivity contribution is 5.10. The first kappa shape index (κ1) is 12.5. The first-order valence-corrected chi connectivity index (χ1v) is 6.74. The number of rotatable bonds is 6. The van der Waals surface area contributed by atoms with Gasteiger partial charge in [0.2, 0.25) is 0 Å². The summed E-state index contributed by atoms with van der Waals surface area (Å²) in [4.78, 5) is 6.66. The molecule has 2 rings (SSSR count). The highest BCUT2D eigenvalue weighted by Crippen LogP contribution is 2.19. The average molecular weight is 233 g/mol. The van der Waals surface area contributed by atoms with Gasteiger partial charge in [0.05, 0.1) is 0 Å². The predicted molar refractivity (Wildman–Crippen MR) is 70.8 cm³/mol. The summed E-state index contributed by atoms with van der Waals surface area (Å²) >= 11 is 0. The van der Waals surface area contributed by atoms with Gasteiger partial charge < -0.3 is 5.32 Å². The molecule has 1 aromatic rings. The first-order chi connectivity index (χ1) is 8.40. The number of pyridine rings is 1. The van der Waals surface area contributed by atoms with Crippen LogP contribution in [0.3, 0.4) is 0 Å². The average Bonchev–Trinajstić information content (AvgIpc) is 2.79. The highest BCUT2D eigenvalue weighted by Gasteiger charge is 2.23. The number of nitrogens with zero attached hydrogens (tertiary/aromatic N) is 2. The quantitative estimate of drug-likeness (QED) is 0.762. The van der Waals surface area contributed by atoms with E-state index in [0.29, 0.717) is 0 Å². The molecule has 0 aromatic carbocycles. The molecule has 94 valence electrons. The van der Waals surface area contributed by atoms with Crippen LogP contribution in [0.2, 0.25) is 0 Å². The molecule has 2 heterocycles. The largest absolute Gasteiger partial charge is 0.315 e. The summed E-state index contributed by atoms with van der Waals surface area (Å²) in [5.74, 6) is 0. The monoisotopic (exact) mass is 233 g/mol. The Bertz CT molecular complexity index is 313. The maximum Gasteiger partial charge on any atom is 0.0271 e. The predicted octanol–water partition coefficient (Wildman–Crippen LogP) is 2.05. The lowest BCUT2D eigenvalue weighted by molar-refractivity contribution is 0.239. The van der Waals surface area contributed by atoms with E-state index in [-0.39, 0.29) is 0 Å². The van der Waals surface area contributed by atoms with Crippen molar-refractivity contribution in [2.24, 2.45) is 0 Å². The minimum absolute atomic E-state index is 0.717. The van der Waals surface area contributed by atoms with Crippen molar-refractivity contribution in [2.45, 2.75) is 38.8 Å². The van der Waals surface area contributed by atoms with E-state index in [0.717, 1.165) is 25.7 Å². The Morgan fingerprint density at radius 2 is 2.24 bits per heavy atom. The minimum atomic E-state index is 0.717. The third kappa shape index (κ3) is 3.79. The third-order valence-electron chi connectivity index (χ3n) is 3.44.